The lowest BCUT2D eigenvalue weighted by Crippen LogP contribution is -2.31. The van der Waals surface area contributed by atoms with Gasteiger partial charge in [0, 0.05) is 36.2 Å². The Morgan fingerprint density at radius 2 is 1.51 bits per heavy atom. The highest BCUT2D eigenvalue weighted by atomic mass is 32.2. The number of urea groups is 1. The van der Waals surface area contributed by atoms with Gasteiger partial charge in [0.05, 0.1) is 24.4 Å². The molecule has 278 valence electrons. The van der Waals surface area contributed by atoms with Crippen molar-refractivity contribution in [3.8, 4) is 22.6 Å². The van der Waals surface area contributed by atoms with Crippen LogP contribution in [-0.4, -0.2) is 39.1 Å². The zero-order chi connectivity index (χ0) is 38.0. The number of nitrogens with one attached hydrogen (secondary N) is 2. The van der Waals surface area contributed by atoms with Gasteiger partial charge >= 0.3 is 12.0 Å². The number of pyridine rings is 1. The van der Waals surface area contributed by atoms with Crippen LogP contribution in [0.5, 0.6) is 11.5 Å². The van der Waals surface area contributed by atoms with Crippen LogP contribution in [0, 0.1) is 0 Å². The third kappa shape index (κ3) is 9.97. The Bertz CT molecular complexity index is 2200. The SMILES string of the molecule is O=C(NCc1cccc(-c2ccc(C3OC(CSc4ncccc4C(=O)O)CC(c4ccc(CO)cc4)O3)cc2)c1)Nc1ccc(Oc2ccccc2)cc1. The van der Waals surface area contributed by atoms with Crippen molar-refractivity contribution in [2.75, 3.05) is 11.1 Å². The number of nitrogens with zero attached hydrogens (tertiary/aromatic N) is 1. The van der Waals surface area contributed by atoms with E-state index in [0.717, 1.165) is 39.1 Å². The first-order chi connectivity index (χ1) is 26.9. The highest BCUT2D eigenvalue weighted by Crippen LogP contribution is 2.40. The van der Waals surface area contributed by atoms with Crippen molar-refractivity contribution in [2.45, 2.75) is 43.1 Å². The van der Waals surface area contributed by atoms with Crippen molar-refractivity contribution in [1.82, 2.24) is 10.3 Å². The van der Waals surface area contributed by atoms with E-state index in [1.165, 1.54) is 11.8 Å². The van der Waals surface area contributed by atoms with Crippen molar-refractivity contribution in [2.24, 2.45) is 0 Å². The summed E-state index contributed by atoms with van der Waals surface area (Å²) in [6.07, 6.45) is 0.936. The quantitative estimate of drug-likeness (QED) is 0.0850. The van der Waals surface area contributed by atoms with Gasteiger partial charge in [0.1, 0.15) is 16.5 Å². The summed E-state index contributed by atoms with van der Waals surface area (Å²) in [4.78, 5) is 28.8. The van der Waals surface area contributed by atoms with Crippen LogP contribution >= 0.6 is 11.8 Å². The summed E-state index contributed by atoms with van der Waals surface area (Å²) in [6.45, 7) is 0.290. The number of carbonyl (C=O) groups is 2. The number of benzene rings is 5. The van der Waals surface area contributed by atoms with Crippen LogP contribution in [-0.2, 0) is 22.6 Å². The number of thioether (sulfide) groups is 1. The Hall–Kier alpha value is -5.98. The molecule has 2 amide bonds. The molecule has 1 aliphatic heterocycles. The number of carboxylic acid groups (broad SMARTS) is 1. The molecule has 0 radical (unpaired) electrons. The minimum absolute atomic E-state index is 0.0461. The Morgan fingerprint density at radius 3 is 2.25 bits per heavy atom. The second-order valence-corrected chi connectivity index (χ2v) is 13.9. The number of aromatic carboxylic acids is 1. The minimum Gasteiger partial charge on any atom is -0.478 e. The largest absolute Gasteiger partial charge is 0.478 e. The summed E-state index contributed by atoms with van der Waals surface area (Å²) in [5, 5.41) is 25.4. The summed E-state index contributed by atoms with van der Waals surface area (Å²) < 4.78 is 18.8. The van der Waals surface area contributed by atoms with Crippen molar-refractivity contribution in [3.63, 3.8) is 0 Å². The average Bonchev–Trinajstić information content (AvgIpc) is 3.23. The number of ether oxygens (including phenoxy) is 3. The maximum Gasteiger partial charge on any atom is 0.338 e. The van der Waals surface area contributed by atoms with E-state index in [4.69, 9.17) is 14.2 Å². The van der Waals surface area contributed by atoms with Gasteiger partial charge in [0.15, 0.2) is 6.29 Å². The van der Waals surface area contributed by atoms with Gasteiger partial charge in [-0.1, -0.05) is 84.9 Å². The van der Waals surface area contributed by atoms with Crippen molar-refractivity contribution < 1.29 is 34.0 Å². The predicted octanol–water partition coefficient (Wildman–Crippen LogP) is 9.39. The molecule has 1 aliphatic rings. The number of rotatable bonds is 13. The van der Waals surface area contributed by atoms with Gasteiger partial charge in [-0.3, -0.25) is 0 Å². The van der Waals surface area contributed by atoms with Gasteiger partial charge in [0.2, 0.25) is 0 Å². The number of hydrogen-bond acceptors (Lipinski definition) is 8. The van der Waals surface area contributed by atoms with Gasteiger partial charge in [0.25, 0.3) is 0 Å². The lowest BCUT2D eigenvalue weighted by Gasteiger charge is -2.36. The van der Waals surface area contributed by atoms with E-state index in [2.05, 4.69) is 15.6 Å². The summed E-state index contributed by atoms with van der Waals surface area (Å²) in [5.74, 6) is 0.870. The van der Waals surface area contributed by atoms with Crippen molar-refractivity contribution >= 4 is 29.4 Å². The van der Waals surface area contributed by atoms with E-state index < -0.39 is 12.3 Å². The number of carbonyl (C=O) groups excluding carboxylic acids is 1. The molecular weight excluding hydrogens is 715 g/mol. The fourth-order valence-electron chi connectivity index (χ4n) is 6.15. The maximum absolute atomic E-state index is 12.7. The number of aliphatic hydroxyl groups excluding tert-OH is 1. The third-order valence-corrected chi connectivity index (χ3v) is 10.1. The van der Waals surface area contributed by atoms with Crippen LogP contribution in [0.15, 0.2) is 151 Å². The number of anilines is 1. The van der Waals surface area contributed by atoms with Gasteiger partial charge in [-0.05, 0) is 82.4 Å². The highest BCUT2D eigenvalue weighted by Gasteiger charge is 2.32. The first-order valence-electron chi connectivity index (χ1n) is 17.8. The maximum atomic E-state index is 12.7. The summed E-state index contributed by atoms with van der Waals surface area (Å²) in [7, 11) is 0. The molecule has 11 heteroatoms. The van der Waals surface area contributed by atoms with Gasteiger partial charge in [-0.25, -0.2) is 14.6 Å². The normalized spacial score (nSPS) is 16.6. The molecule has 0 aliphatic carbocycles. The fraction of sp³-hybridized carbons (Fsp3) is 0.159. The molecule has 5 aromatic carbocycles. The van der Waals surface area contributed by atoms with Crippen LogP contribution in [0.3, 0.4) is 0 Å². The Balaban J connectivity index is 0.984. The zero-order valence-corrected chi connectivity index (χ0v) is 30.5. The molecular formula is C44H39N3O7S. The summed E-state index contributed by atoms with van der Waals surface area (Å²) in [5.41, 5.74) is 6.34. The molecule has 0 saturated carbocycles. The molecule has 2 heterocycles. The van der Waals surface area contributed by atoms with Crippen LogP contribution in [0.25, 0.3) is 11.1 Å². The molecule has 6 aromatic rings. The van der Waals surface area contributed by atoms with Crippen molar-refractivity contribution in [1.29, 1.82) is 0 Å². The molecule has 7 rings (SSSR count). The van der Waals surface area contributed by atoms with Crippen LogP contribution in [0.1, 0.15) is 51.4 Å². The predicted molar refractivity (Wildman–Crippen MR) is 211 cm³/mol. The average molecular weight is 754 g/mol. The molecule has 10 nitrogen and oxygen atoms in total. The van der Waals surface area contributed by atoms with E-state index in [9.17, 15) is 19.8 Å². The standard InChI is InChI=1S/C44H39N3O7S/c48-27-29-11-13-32(14-12-29)40-25-38(28-55-41-39(42(49)50)10-5-23-45-41)53-43(54-40)33-17-15-31(16-18-33)34-7-4-6-30(24-34)26-46-44(51)47-35-19-21-37(22-20-35)52-36-8-2-1-3-9-36/h1-24,38,40,43,48H,25-28H2,(H,49,50)(H2,46,47,51). The van der Waals surface area contributed by atoms with Gasteiger partial charge in [-0.15, -0.1) is 11.8 Å². The number of aliphatic hydroxyl groups is 1. The van der Waals surface area contributed by atoms with Crippen LogP contribution < -0.4 is 15.4 Å². The Kier molecular flexibility index (Phi) is 12.2. The topological polar surface area (TPSA) is 139 Å². The summed E-state index contributed by atoms with van der Waals surface area (Å²) in [6, 6.07) is 43.2. The van der Waals surface area contributed by atoms with E-state index in [1.807, 2.05) is 103 Å². The second-order valence-electron chi connectivity index (χ2n) is 12.9. The smallest absolute Gasteiger partial charge is 0.338 e. The number of para-hydroxylation sites is 1. The second kappa shape index (κ2) is 17.9. The molecule has 0 spiro atoms. The Morgan fingerprint density at radius 1 is 0.764 bits per heavy atom. The zero-order valence-electron chi connectivity index (χ0n) is 29.7. The van der Waals surface area contributed by atoms with E-state index in [0.29, 0.717) is 35.2 Å². The Labute approximate surface area is 323 Å². The van der Waals surface area contributed by atoms with E-state index in [-0.39, 0.29) is 30.4 Å². The molecule has 3 atom stereocenters. The number of amides is 2. The van der Waals surface area contributed by atoms with Gasteiger partial charge < -0.3 is 35.1 Å². The van der Waals surface area contributed by atoms with Crippen LogP contribution in [0.4, 0.5) is 10.5 Å². The lowest BCUT2D eigenvalue weighted by atomic mass is 9.99. The number of carboxylic acids is 1. The monoisotopic (exact) mass is 753 g/mol. The molecule has 1 aromatic heterocycles. The lowest BCUT2D eigenvalue weighted by molar-refractivity contribution is -0.245. The van der Waals surface area contributed by atoms with Crippen molar-refractivity contribution in [3.05, 3.63) is 174 Å². The third-order valence-electron chi connectivity index (χ3n) is 9.01. The first kappa shape index (κ1) is 37.3. The first-order valence-corrected chi connectivity index (χ1v) is 18.8. The molecule has 1 fully saturated rings. The van der Waals surface area contributed by atoms with Gasteiger partial charge in [-0.2, -0.15) is 0 Å². The van der Waals surface area contributed by atoms with E-state index >= 15 is 0 Å². The fourth-order valence-corrected chi connectivity index (χ4v) is 7.15. The number of hydrogen-bond donors (Lipinski definition) is 4. The number of aromatic nitrogens is 1. The molecule has 4 N–H and O–H groups in total. The molecule has 3 unspecified atom stereocenters. The van der Waals surface area contributed by atoms with Crippen LogP contribution in [0.2, 0.25) is 0 Å². The van der Waals surface area contributed by atoms with E-state index in [1.54, 1.807) is 42.6 Å². The molecule has 55 heavy (non-hydrogen) atoms. The molecule has 0 bridgehead atoms. The summed E-state index contributed by atoms with van der Waals surface area (Å²) >= 11 is 1.35. The minimum atomic E-state index is -1.02. The highest BCUT2D eigenvalue weighted by molar-refractivity contribution is 7.99. The molecule has 1 saturated heterocycles.